The van der Waals surface area contributed by atoms with Crippen molar-refractivity contribution >= 4 is 41.3 Å². The topological polar surface area (TPSA) is 137 Å². The molecule has 0 atom stereocenters. The third kappa shape index (κ3) is 4.95. The maximum absolute atomic E-state index is 12.8. The molecule has 0 spiro atoms. The molecule has 0 aliphatic carbocycles. The molecule has 0 bridgehead atoms. The number of anilines is 1. The van der Waals surface area contributed by atoms with E-state index in [4.69, 9.17) is 17.3 Å². The number of thioether (sulfide) groups is 1. The van der Waals surface area contributed by atoms with E-state index in [1.165, 1.54) is 16.4 Å². The summed E-state index contributed by atoms with van der Waals surface area (Å²) in [6.07, 6.45) is 1.55. The Morgan fingerprint density at radius 3 is 2.66 bits per heavy atom. The van der Waals surface area contributed by atoms with Crippen molar-refractivity contribution in [2.24, 2.45) is 5.10 Å². The van der Waals surface area contributed by atoms with Crippen molar-refractivity contribution in [1.29, 1.82) is 0 Å². The maximum atomic E-state index is 12.8. The van der Waals surface area contributed by atoms with Gasteiger partial charge in [0, 0.05) is 15.7 Å². The van der Waals surface area contributed by atoms with Crippen molar-refractivity contribution in [3.05, 3.63) is 76.1 Å². The number of rotatable bonds is 7. The first kappa shape index (κ1) is 21.5. The van der Waals surface area contributed by atoms with Gasteiger partial charge in [-0.1, -0.05) is 46.6 Å². The van der Waals surface area contributed by atoms with Crippen LogP contribution in [0.2, 0.25) is 5.02 Å². The number of halogens is 1. The van der Waals surface area contributed by atoms with Crippen molar-refractivity contribution in [3.63, 3.8) is 0 Å². The van der Waals surface area contributed by atoms with Crippen LogP contribution >= 0.6 is 23.4 Å². The Morgan fingerprint density at radius 1 is 1.22 bits per heavy atom. The Kier molecular flexibility index (Phi) is 6.47. The first-order valence-electron chi connectivity index (χ1n) is 9.32. The number of benzene rings is 2. The number of nitrogens with zero attached hydrogens (tertiary/aromatic N) is 6. The van der Waals surface area contributed by atoms with Crippen LogP contribution in [0.3, 0.4) is 0 Å². The molecule has 0 fully saturated rings. The molecule has 2 aromatic heterocycles. The fraction of sp³-hybridized carbons (Fsp3) is 0.100. The van der Waals surface area contributed by atoms with Gasteiger partial charge in [0.15, 0.2) is 5.69 Å². The first-order chi connectivity index (χ1) is 15.5. The van der Waals surface area contributed by atoms with E-state index in [1.54, 1.807) is 18.3 Å². The highest BCUT2D eigenvalue weighted by atomic mass is 35.5. The maximum Gasteiger partial charge on any atom is 0.293 e. The van der Waals surface area contributed by atoms with Gasteiger partial charge in [-0.15, -0.1) is 16.9 Å². The lowest BCUT2D eigenvalue weighted by Gasteiger charge is -2.06. The lowest BCUT2D eigenvalue weighted by Crippen LogP contribution is -2.20. The van der Waals surface area contributed by atoms with Gasteiger partial charge in [-0.25, -0.2) is 10.1 Å². The van der Waals surface area contributed by atoms with Crippen molar-refractivity contribution in [1.82, 2.24) is 30.7 Å². The average molecular weight is 469 g/mol. The molecule has 162 valence electrons. The minimum atomic E-state index is -0.527. The molecule has 12 heteroatoms. The van der Waals surface area contributed by atoms with E-state index in [2.05, 4.69) is 35.8 Å². The largest absolute Gasteiger partial charge is 0.378 e. The summed E-state index contributed by atoms with van der Waals surface area (Å²) in [6.45, 7) is 1.99. The van der Waals surface area contributed by atoms with Gasteiger partial charge >= 0.3 is 0 Å². The summed E-state index contributed by atoms with van der Waals surface area (Å²) in [6, 6.07) is 15.0. The molecule has 0 saturated carbocycles. The standard InChI is InChI=1S/C20H17ClN8O2S/c1-12-2-4-13(5-3-12)10-23-25-20(30)17-16(11-32-15-8-6-14(21)7-9-15)29(28-24-17)19-18(22)26-31-27-19/h2-10H,11H2,1H3,(H2,22,26)(H,25,30)/b23-10-. The zero-order valence-electron chi connectivity index (χ0n) is 16.8. The minimum absolute atomic E-state index is 0.0250. The van der Waals surface area contributed by atoms with E-state index < -0.39 is 5.91 Å². The molecule has 3 N–H and O–H groups in total. The summed E-state index contributed by atoms with van der Waals surface area (Å²) in [5, 5.41) is 20.0. The lowest BCUT2D eigenvalue weighted by atomic mass is 10.2. The average Bonchev–Trinajstić information content (AvgIpc) is 3.40. The van der Waals surface area contributed by atoms with Crippen molar-refractivity contribution in [2.45, 2.75) is 17.6 Å². The number of amides is 1. The Morgan fingerprint density at radius 2 is 1.97 bits per heavy atom. The normalized spacial score (nSPS) is 11.2. The molecule has 0 aliphatic rings. The van der Waals surface area contributed by atoms with E-state index in [0.717, 1.165) is 16.0 Å². The van der Waals surface area contributed by atoms with Crippen LogP contribution in [0, 0.1) is 6.92 Å². The highest BCUT2D eigenvalue weighted by Gasteiger charge is 2.24. The molecule has 1 amide bonds. The number of nitrogens with one attached hydrogen (secondary N) is 1. The number of nitrogen functional groups attached to an aromatic ring is 1. The van der Waals surface area contributed by atoms with Crippen LogP contribution in [-0.2, 0) is 5.75 Å². The number of hydrogen-bond acceptors (Lipinski definition) is 9. The summed E-state index contributed by atoms with van der Waals surface area (Å²) in [7, 11) is 0. The zero-order chi connectivity index (χ0) is 22.5. The Bertz CT molecular complexity index is 1250. The minimum Gasteiger partial charge on any atom is -0.378 e. The van der Waals surface area contributed by atoms with E-state index in [1.807, 2.05) is 43.3 Å². The fourth-order valence-electron chi connectivity index (χ4n) is 2.67. The summed E-state index contributed by atoms with van der Waals surface area (Å²) in [5.74, 6) is -0.0181. The molecule has 10 nitrogen and oxygen atoms in total. The van der Waals surface area contributed by atoms with Gasteiger partial charge in [-0.3, -0.25) is 4.79 Å². The molecule has 4 rings (SSSR count). The molecule has 0 saturated heterocycles. The van der Waals surface area contributed by atoms with Gasteiger partial charge in [-0.05, 0) is 47.1 Å². The van der Waals surface area contributed by atoms with E-state index in [9.17, 15) is 4.79 Å². The Balaban J connectivity index is 1.56. The molecule has 2 aromatic carbocycles. The van der Waals surface area contributed by atoms with Gasteiger partial charge in [0.05, 0.1) is 11.9 Å². The highest BCUT2D eigenvalue weighted by molar-refractivity contribution is 7.98. The predicted octanol–water partition coefficient (Wildman–Crippen LogP) is 3.25. The van der Waals surface area contributed by atoms with E-state index in [-0.39, 0.29) is 17.3 Å². The van der Waals surface area contributed by atoms with Gasteiger partial charge < -0.3 is 5.73 Å². The zero-order valence-corrected chi connectivity index (χ0v) is 18.3. The third-order valence-electron chi connectivity index (χ3n) is 4.32. The second-order valence-corrected chi connectivity index (χ2v) is 8.11. The predicted molar refractivity (Wildman–Crippen MR) is 121 cm³/mol. The van der Waals surface area contributed by atoms with Gasteiger partial charge in [0.2, 0.25) is 11.6 Å². The molecule has 0 aliphatic heterocycles. The van der Waals surface area contributed by atoms with E-state index >= 15 is 0 Å². The monoisotopic (exact) mass is 468 g/mol. The van der Waals surface area contributed by atoms with E-state index in [0.29, 0.717) is 16.5 Å². The van der Waals surface area contributed by atoms with Crippen LogP contribution in [0.15, 0.2) is 63.2 Å². The van der Waals surface area contributed by atoms with Gasteiger partial charge in [-0.2, -0.15) is 9.78 Å². The summed E-state index contributed by atoms with van der Waals surface area (Å²) < 4.78 is 5.99. The summed E-state index contributed by atoms with van der Waals surface area (Å²) >= 11 is 7.41. The van der Waals surface area contributed by atoms with Gasteiger partial charge in [0.1, 0.15) is 0 Å². The summed E-state index contributed by atoms with van der Waals surface area (Å²) in [4.78, 5) is 13.7. The van der Waals surface area contributed by atoms with Crippen LogP contribution in [0.25, 0.3) is 5.82 Å². The molecule has 0 radical (unpaired) electrons. The van der Waals surface area contributed by atoms with Crippen molar-refractivity contribution in [3.8, 4) is 5.82 Å². The fourth-order valence-corrected chi connectivity index (χ4v) is 3.69. The number of carbonyl (C=O) groups excluding carboxylic acids is 1. The number of aromatic nitrogens is 5. The lowest BCUT2D eigenvalue weighted by molar-refractivity contribution is 0.0949. The number of hydrogen-bond donors (Lipinski definition) is 2. The molecular formula is C20H17ClN8O2S. The van der Waals surface area contributed by atoms with Crippen LogP contribution in [0.5, 0.6) is 0 Å². The van der Waals surface area contributed by atoms with Crippen LogP contribution in [-0.4, -0.2) is 37.4 Å². The molecule has 2 heterocycles. The third-order valence-corrected chi connectivity index (χ3v) is 5.60. The van der Waals surface area contributed by atoms with Crippen molar-refractivity contribution < 1.29 is 9.42 Å². The number of nitrogens with two attached hydrogens (primary N) is 1. The first-order valence-corrected chi connectivity index (χ1v) is 10.7. The van der Waals surface area contributed by atoms with Crippen LogP contribution in [0.1, 0.15) is 27.3 Å². The molecule has 4 aromatic rings. The number of aryl methyl sites for hydroxylation is 1. The second kappa shape index (κ2) is 9.62. The molecular weight excluding hydrogens is 452 g/mol. The number of carbonyl (C=O) groups is 1. The smallest absolute Gasteiger partial charge is 0.293 e. The summed E-state index contributed by atoms with van der Waals surface area (Å²) in [5.41, 5.74) is 10.8. The quantitative estimate of drug-likeness (QED) is 0.239. The number of hydrazone groups is 1. The Hall–Kier alpha value is -3.70. The van der Waals surface area contributed by atoms with Crippen LogP contribution in [0.4, 0.5) is 5.82 Å². The van der Waals surface area contributed by atoms with Gasteiger partial charge in [0.25, 0.3) is 5.91 Å². The Labute approximate surface area is 191 Å². The molecule has 0 unspecified atom stereocenters. The van der Waals surface area contributed by atoms with Crippen LogP contribution < -0.4 is 11.2 Å². The SMILES string of the molecule is Cc1ccc(/C=N\NC(=O)c2nnn(-c3nonc3N)c2CSc2ccc(Cl)cc2)cc1. The second-order valence-electron chi connectivity index (χ2n) is 6.62. The van der Waals surface area contributed by atoms with Crippen molar-refractivity contribution in [2.75, 3.05) is 5.73 Å². The molecule has 32 heavy (non-hydrogen) atoms. The highest BCUT2D eigenvalue weighted by Crippen LogP contribution is 2.27.